The second kappa shape index (κ2) is 10.7. The summed E-state index contributed by atoms with van der Waals surface area (Å²) in [4.78, 5) is 14.8. The average molecular weight is 372 g/mol. The number of rotatable bonds is 7. The Balaban J connectivity index is 0.00000312. The van der Waals surface area contributed by atoms with Crippen molar-refractivity contribution in [2.75, 3.05) is 26.7 Å². The van der Waals surface area contributed by atoms with Crippen LogP contribution in [-0.4, -0.2) is 43.5 Å². The third-order valence-electron chi connectivity index (χ3n) is 5.11. The Kier molecular flexibility index (Phi) is 9.39. The molecule has 0 spiro atoms. The molecule has 1 saturated heterocycles. The van der Waals surface area contributed by atoms with Crippen molar-refractivity contribution < 1.29 is 9.18 Å². The van der Waals surface area contributed by atoms with Gasteiger partial charge in [-0.1, -0.05) is 12.1 Å². The molecular formula is C19H31ClFN3O. The molecule has 0 bridgehead atoms. The van der Waals surface area contributed by atoms with Gasteiger partial charge in [-0.15, -0.1) is 12.4 Å². The Labute approximate surface area is 157 Å². The third kappa shape index (κ3) is 6.57. The number of piperidine rings is 1. The fourth-order valence-corrected chi connectivity index (χ4v) is 3.31. The Hall–Kier alpha value is -1.17. The van der Waals surface area contributed by atoms with E-state index in [-0.39, 0.29) is 36.2 Å². The zero-order valence-corrected chi connectivity index (χ0v) is 16.2. The fraction of sp³-hybridized carbons (Fsp3) is 0.632. The molecule has 6 heteroatoms. The number of amides is 1. The van der Waals surface area contributed by atoms with Gasteiger partial charge >= 0.3 is 0 Å². The quantitative estimate of drug-likeness (QED) is 0.774. The van der Waals surface area contributed by atoms with E-state index in [0.717, 1.165) is 44.0 Å². The van der Waals surface area contributed by atoms with E-state index in [0.29, 0.717) is 0 Å². The second-order valence-electron chi connectivity index (χ2n) is 6.83. The summed E-state index contributed by atoms with van der Waals surface area (Å²) in [5, 5.41) is 6.25. The molecule has 1 amide bonds. The van der Waals surface area contributed by atoms with Crippen molar-refractivity contribution in [1.29, 1.82) is 0 Å². The number of halogens is 2. The van der Waals surface area contributed by atoms with Gasteiger partial charge in [0.1, 0.15) is 5.82 Å². The molecule has 1 heterocycles. The lowest BCUT2D eigenvalue weighted by Gasteiger charge is -2.35. The summed E-state index contributed by atoms with van der Waals surface area (Å²) in [7, 11) is 1.99. The summed E-state index contributed by atoms with van der Waals surface area (Å²) in [5.74, 6) is 0.550. The van der Waals surface area contributed by atoms with Gasteiger partial charge in [0.2, 0.25) is 5.91 Å². The van der Waals surface area contributed by atoms with Crippen LogP contribution in [0.5, 0.6) is 0 Å². The molecule has 0 saturated carbocycles. The summed E-state index contributed by atoms with van der Waals surface area (Å²) in [5.41, 5.74) is 0.919. The lowest BCUT2D eigenvalue weighted by Crippen LogP contribution is -2.48. The van der Waals surface area contributed by atoms with E-state index in [1.54, 1.807) is 12.1 Å². The van der Waals surface area contributed by atoms with Gasteiger partial charge in [0.15, 0.2) is 0 Å². The molecular weight excluding hydrogens is 341 g/mol. The number of likely N-dealkylation sites (tertiary alicyclic amines) is 1. The van der Waals surface area contributed by atoms with E-state index in [1.165, 1.54) is 18.6 Å². The number of carbonyl (C=O) groups excluding carboxylic acids is 1. The highest BCUT2D eigenvalue weighted by molar-refractivity contribution is 5.85. The first kappa shape index (κ1) is 21.9. The van der Waals surface area contributed by atoms with E-state index in [1.807, 2.05) is 20.9 Å². The van der Waals surface area contributed by atoms with E-state index in [2.05, 4.69) is 15.5 Å². The Morgan fingerprint density at radius 3 is 2.40 bits per heavy atom. The van der Waals surface area contributed by atoms with Crippen molar-refractivity contribution in [3.8, 4) is 0 Å². The van der Waals surface area contributed by atoms with Crippen molar-refractivity contribution in [3.63, 3.8) is 0 Å². The van der Waals surface area contributed by atoms with E-state index >= 15 is 0 Å². The molecule has 0 radical (unpaired) electrons. The van der Waals surface area contributed by atoms with E-state index in [4.69, 9.17) is 0 Å². The number of nitrogens with one attached hydrogen (secondary N) is 2. The monoisotopic (exact) mass is 371 g/mol. The lowest BCUT2D eigenvalue weighted by molar-refractivity contribution is -0.127. The normalized spacial score (nSPS) is 18.2. The van der Waals surface area contributed by atoms with Gasteiger partial charge < -0.3 is 10.6 Å². The highest BCUT2D eigenvalue weighted by atomic mass is 35.5. The Morgan fingerprint density at radius 2 is 1.84 bits per heavy atom. The van der Waals surface area contributed by atoms with Gasteiger partial charge in [0, 0.05) is 0 Å². The highest BCUT2D eigenvalue weighted by Crippen LogP contribution is 2.22. The predicted molar refractivity (Wildman–Crippen MR) is 103 cm³/mol. The van der Waals surface area contributed by atoms with Gasteiger partial charge in [-0.05, 0) is 83.4 Å². The van der Waals surface area contributed by atoms with Crippen LogP contribution in [0.15, 0.2) is 24.3 Å². The molecule has 2 rings (SSSR count). The minimum Gasteiger partial charge on any atom is -0.348 e. The Bertz CT molecular complexity index is 518. The van der Waals surface area contributed by atoms with Crippen molar-refractivity contribution in [3.05, 3.63) is 35.6 Å². The number of nitrogens with zero attached hydrogens (tertiary/aromatic N) is 1. The van der Waals surface area contributed by atoms with Crippen LogP contribution in [0.4, 0.5) is 4.39 Å². The molecule has 0 aromatic heterocycles. The number of benzene rings is 1. The predicted octanol–water partition coefficient (Wildman–Crippen LogP) is 3.13. The molecule has 1 aliphatic heterocycles. The zero-order valence-electron chi connectivity index (χ0n) is 15.4. The first-order valence-electron chi connectivity index (χ1n) is 8.95. The number of carbonyl (C=O) groups is 1. The topological polar surface area (TPSA) is 44.4 Å². The SMILES string of the molecule is CNCCC1CCN(C(C)C(=O)NC(C)c2ccc(F)cc2)CC1.Cl. The molecule has 2 unspecified atom stereocenters. The van der Waals surface area contributed by atoms with Crippen LogP contribution in [0, 0.1) is 11.7 Å². The van der Waals surface area contributed by atoms with Gasteiger partial charge in [0.25, 0.3) is 0 Å². The number of hydrogen-bond acceptors (Lipinski definition) is 3. The molecule has 1 aromatic rings. The van der Waals surface area contributed by atoms with Crippen LogP contribution < -0.4 is 10.6 Å². The molecule has 4 nitrogen and oxygen atoms in total. The number of hydrogen-bond donors (Lipinski definition) is 2. The van der Waals surface area contributed by atoms with Gasteiger partial charge in [-0.25, -0.2) is 4.39 Å². The molecule has 25 heavy (non-hydrogen) atoms. The maximum atomic E-state index is 13.0. The smallest absolute Gasteiger partial charge is 0.237 e. The van der Waals surface area contributed by atoms with Crippen molar-refractivity contribution in [2.24, 2.45) is 5.92 Å². The molecule has 2 atom stereocenters. The first-order chi connectivity index (χ1) is 11.5. The van der Waals surface area contributed by atoms with Crippen molar-refractivity contribution in [2.45, 2.75) is 45.2 Å². The van der Waals surface area contributed by atoms with Crippen LogP contribution >= 0.6 is 12.4 Å². The van der Waals surface area contributed by atoms with E-state index < -0.39 is 0 Å². The standard InChI is InChI=1S/C19H30FN3O.ClH/c1-14(17-4-6-18(20)7-5-17)22-19(24)15(2)23-12-9-16(10-13-23)8-11-21-3;/h4-7,14-16,21H,8-13H2,1-3H3,(H,22,24);1H. The first-order valence-corrected chi connectivity index (χ1v) is 8.95. The van der Waals surface area contributed by atoms with Crippen LogP contribution in [-0.2, 0) is 4.79 Å². The maximum Gasteiger partial charge on any atom is 0.237 e. The van der Waals surface area contributed by atoms with Gasteiger partial charge in [-0.3, -0.25) is 9.69 Å². The molecule has 1 aliphatic rings. The summed E-state index contributed by atoms with van der Waals surface area (Å²) in [6, 6.07) is 6.05. The second-order valence-corrected chi connectivity index (χ2v) is 6.83. The third-order valence-corrected chi connectivity index (χ3v) is 5.11. The molecule has 142 valence electrons. The summed E-state index contributed by atoms with van der Waals surface area (Å²) in [6.07, 6.45) is 3.53. The largest absolute Gasteiger partial charge is 0.348 e. The minimum absolute atomic E-state index is 0. The molecule has 1 fully saturated rings. The molecule has 1 aromatic carbocycles. The molecule has 2 N–H and O–H groups in total. The van der Waals surface area contributed by atoms with E-state index in [9.17, 15) is 9.18 Å². The van der Waals surface area contributed by atoms with Crippen LogP contribution in [0.1, 0.15) is 44.7 Å². The fourth-order valence-electron chi connectivity index (χ4n) is 3.31. The maximum absolute atomic E-state index is 13.0. The van der Waals surface area contributed by atoms with Crippen molar-refractivity contribution in [1.82, 2.24) is 15.5 Å². The average Bonchev–Trinajstić information content (AvgIpc) is 2.60. The van der Waals surface area contributed by atoms with Gasteiger partial charge in [-0.2, -0.15) is 0 Å². The van der Waals surface area contributed by atoms with Crippen LogP contribution in [0.3, 0.4) is 0 Å². The minimum atomic E-state index is -0.258. The summed E-state index contributed by atoms with van der Waals surface area (Å²) >= 11 is 0. The lowest BCUT2D eigenvalue weighted by atomic mass is 9.92. The summed E-state index contributed by atoms with van der Waals surface area (Å²) < 4.78 is 13.0. The Morgan fingerprint density at radius 1 is 1.24 bits per heavy atom. The van der Waals surface area contributed by atoms with Crippen molar-refractivity contribution >= 4 is 18.3 Å². The van der Waals surface area contributed by atoms with Crippen LogP contribution in [0.25, 0.3) is 0 Å². The highest BCUT2D eigenvalue weighted by Gasteiger charge is 2.27. The zero-order chi connectivity index (χ0) is 17.5. The summed E-state index contributed by atoms with van der Waals surface area (Å²) in [6.45, 7) is 6.93. The van der Waals surface area contributed by atoms with Gasteiger partial charge in [0.05, 0.1) is 12.1 Å². The molecule has 0 aliphatic carbocycles. The van der Waals surface area contributed by atoms with Crippen LogP contribution in [0.2, 0.25) is 0 Å².